The Kier molecular flexibility index (Phi) is 3.89. The van der Waals surface area contributed by atoms with Crippen molar-refractivity contribution in [1.29, 1.82) is 0 Å². The highest BCUT2D eigenvalue weighted by Gasteiger charge is 2.38. The van der Waals surface area contributed by atoms with Crippen LogP contribution in [0.5, 0.6) is 0 Å². The molecule has 0 aliphatic carbocycles. The van der Waals surface area contributed by atoms with Gasteiger partial charge in [-0.2, -0.15) is 0 Å². The largest absolute Gasteiger partial charge is 0.355 e. The van der Waals surface area contributed by atoms with Crippen LogP contribution in [0.25, 0.3) is 0 Å². The summed E-state index contributed by atoms with van der Waals surface area (Å²) in [6.45, 7) is 0. The topological polar surface area (TPSA) is 83.0 Å². The Morgan fingerprint density at radius 2 is 2.26 bits per heavy atom. The number of aromatic nitrogens is 3. The summed E-state index contributed by atoms with van der Waals surface area (Å²) >= 11 is 0. The van der Waals surface area contributed by atoms with Gasteiger partial charge in [-0.1, -0.05) is 0 Å². The average molecular weight is 319 g/mol. The van der Waals surface area contributed by atoms with Gasteiger partial charge in [-0.05, 0) is 6.42 Å². The minimum atomic E-state index is -0.494. The molecular weight excluding hydrogens is 301 g/mol. The van der Waals surface area contributed by atoms with Gasteiger partial charge in [0.05, 0.1) is 6.04 Å². The number of amides is 2. The van der Waals surface area contributed by atoms with Crippen LogP contribution in [-0.4, -0.2) is 44.3 Å². The minimum absolute atomic E-state index is 0.00872. The molecule has 0 unspecified atom stereocenters. The molecule has 2 aromatic heterocycles. The molecule has 0 spiro atoms. The number of aromatic amines is 1. The van der Waals surface area contributed by atoms with Gasteiger partial charge in [0.15, 0.2) is 0 Å². The summed E-state index contributed by atoms with van der Waals surface area (Å²) in [4.78, 5) is 32.8. The van der Waals surface area contributed by atoms with Crippen molar-refractivity contribution in [3.8, 4) is 0 Å². The van der Waals surface area contributed by atoms with Crippen LogP contribution in [0.2, 0.25) is 0 Å². The van der Waals surface area contributed by atoms with E-state index in [1.807, 2.05) is 11.6 Å². The third-order valence-electron chi connectivity index (χ3n) is 4.19. The number of carbonyl (C=O) groups is 2. The van der Waals surface area contributed by atoms with Gasteiger partial charge in [0.2, 0.25) is 5.91 Å². The van der Waals surface area contributed by atoms with E-state index in [-0.39, 0.29) is 23.7 Å². The summed E-state index contributed by atoms with van der Waals surface area (Å²) in [6.07, 6.45) is 5.43. The highest BCUT2D eigenvalue weighted by atomic mass is 19.1. The lowest BCUT2D eigenvalue weighted by Crippen LogP contribution is -2.51. The molecule has 8 heteroatoms. The second kappa shape index (κ2) is 5.86. The Balaban J connectivity index is 1.85. The molecule has 2 atom stereocenters. The number of likely N-dealkylation sites (tertiary alicyclic amines) is 1. The molecule has 23 heavy (non-hydrogen) atoms. The standard InChI is InChI=1S/C15H18FN5O2/c1-20-6-5-17-14(20)13-10(3-4-12(22)21(13)2)19-15(23)11-7-9(16)8-18-11/h5-8,10,13,18H,3-4H2,1-2H3,(H,19,23)/t10-,13-/m1/s1. The van der Waals surface area contributed by atoms with Crippen molar-refractivity contribution in [1.82, 2.24) is 24.8 Å². The summed E-state index contributed by atoms with van der Waals surface area (Å²) in [5.41, 5.74) is 0.153. The molecule has 7 nitrogen and oxygen atoms in total. The van der Waals surface area contributed by atoms with Gasteiger partial charge < -0.3 is 19.8 Å². The first kappa shape index (κ1) is 15.3. The van der Waals surface area contributed by atoms with Gasteiger partial charge in [-0.25, -0.2) is 9.37 Å². The van der Waals surface area contributed by atoms with Crippen LogP contribution in [-0.2, 0) is 11.8 Å². The second-order valence-corrected chi connectivity index (χ2v) is 5.70. The van der Waals surface area contributed by atoms with Crippen LogP contribution in [0.15, 0.2) is 24.7 Å². The van der Waals surface area contributed by atoms with Crippen LogP contribution < -0.4 is 5.32 Å². The molecule has 1 fully saturated rings. The minimum Gasteiger partial charge on any atom is -0.355 e. The maximum atomic E-state index is 13.1. The van der Waals surface area contributed by atoms with Crippen molar-refractivity contribution in [3.05, 3.63) is 42.0 Å². The molecule has 0 saturated carbocycles. The Morgan fingerprint density at radius 1 is 1.48 bits per heavy atom. The SMILES string of the molecule is CN1C(=O)CC[C@@H](NC(=O)c2cc(F)c[nH]2)[C@@H]1c1nccn1C. The third-order valence-corrected chi connectivity index (χ3v) is 4.19. The predicted octanol–water partition coefficient (Wildman–Crippen LogP) is 0.979. The summed E-state index contributed by atoms with van der Waals surface area (Å²) in [5.74, 6) is -0.189. The van der Waals surface area contributed by atoms with Crippen molar-refractivity contribution >= 4 is 11.8 Å². The van der Waals surface area contributed by atoms with Gasteiger partial charge >= 0.3 is 0 Å². The van der Waals surface area contributed by atoms with Crippen molar-refractivity contribution in [3.63, 3.8) is 0 Å². The zero-order valence-corrected chi connectivity index (χ0v) is 12.9. The average Bonchev–Trinajstić information content (AvgIpc) is 3.12. The van der Waals surface area contributed by atoms with Gasteiger partial charge in [-0.3, -0.25) is 9.59 Å². The lowest BCUT2D eigenvalue weighted by Gasteiger charge is -2.38. The monoisotopic (exact) mass is 319 g/mol. The lowest BCUT2D eigenvalue weighted by atomic mass is 9.95. The fraction of sp³-hybridized carbons (Fsp3) is 0.400. The van der Waals surface area contributed by atoms with E-state index < -0.39 is 11.7 Å². The van der Waals surface area contributed by atoms with E-state index in [1.165, 1.54) is 0 Å². The molecule has 0 aromatic carbocycles. The number of H-pyrrole nitrogens is 1. The fourth-order valence-corrected chi connectivity index (χ4v) is 2.95. The number of nitrogens with one attached hydrogen (secondary N) is 2. The van der Waals surface area contributed by atoms with E-state index in [0.29, 0.717) is 18.7 Å². The summed E-state index contributed by atoms with van der Waals surface area (Å²) in [5, 5.41) is 2.88. The van der Waals surface area contributed by atoms with Crippen LogP contribution in [0.4, 0.5) is 4.39 Å². The summed E-state index contributed by atoms with van der Waals surface area (Å²) in [7, 11) is 3.54. The number of imidazole rings is 1. The van der Waals surface area contributed by atoms with E-state index in [4.69, 9.17) is 0 Å². The van der Waals surface area contributed by atoms with Crippen LogP contribution in [0.3, 0.4) is 0 Å². The van der Waals surface area contributed by atoms with Crippen molar-refractivity contribution in [2.24, 2.45) is 7.05 Å². The molecule has 3 rings (SSSR count). The number of aryl methyl sites for hydroxylation is 1. The van der Waals surface area contributed by atoms with E-state index in [0.717, 1.165) is 12.3 Å². The number of nitrogens with zero attached hydrogens (tertiary/aromatic N) is 3. The zero-order chi connectivity index (χ0) is 16.6. The fourth-order valence-electron chi connectivity index (χ4n) is 2.95. The first-order chi connectivity index (χ1) is 11.0. The van der Waals surface area contributed by atoms with Gasteiger partial charge in [-0.15, -0.1) is 0 Å². The lowest BCUT2D eigenvalue weighted by molar-refractivity contribution is -0.136. The highest BCUT2D eigenvalue weighted by Crippen LogP contribution is 2.29. The first-order valence-corrected chi connectivity index (χ1v) is 7.35. The number of likely N-dealkylation sites (N-methyl/N-ethyl adjacent to an activating group) is 1. The number of hydrogen-bond acceptors (Lipinski definition) is 3. The molecule has 1 aliphatic heterocycles. The second-order valence-electron chi connectivity index (χ2n) is 5.70. The van der Waals surface area contributed by atoms with Crippen LogP contribution in [0.1, 0.15) is 35.2 Å². The van der Waals surface area contributed by atoms with E-state index in [1.54, 1.807) is 24.3 Å². The van der Waals surface area contributed by atoms with Gasteiger partial charge in [0.25, 0.3) is 5.91 Å². The van der Waals surface area contributed by atoms with Crippen molar-refractivity contribution < 1.29 is 14.0 Å². The van der Waals surface area contributed by atoms with Gasteiger partial charge in [0, 0.05) is 45.2 Å². The maximum absolute atomic E-state index is 13.1. The maximum Gasteiger partial charge on any atom is 0.268 e. The first-order valence-electron chi connectivity index (χ1n) is 7.35. The normalized spacial score (nSPS) is 21.5. The van der Waals surface area contributed by atoms with E-state index in [9.17, 15) is 14.0 Å². The predicted molar refractivity (Wildman–Crippen MR) is 80.0 cm³/mol. The summed E-state index contributed by atoms with van der Waals surface area (Å²) in [6, 6.07) is 0.487. The van der Waals surface area contributed by atoms with Crippen LogP contribution in [0, 0.1) is 5.82 Å². The Hall–Kier alpha value is -2.64. The molecule has 1 aliphatic rings. The van der Waals surface area contributed by atoms with Crippen LogP contribution >= 0.6 is 0 Å². The molecule has 2 amide bonds. The number of halogens is 1. The molecule has 1 saturated heterocycles. The van der Waals surface area contributed by atoms with Crippen molar-refractivity contribution in [2.75, 3.05) is 7.05 Å². The number of hydrogen-bond donors (Lipinski definition) is 2. The van der Waals surface area contributed by atoms with E-state index >= 15 is 0 Å². The third kappa shape index (κ3) is 2.84. The molecule has 3 heterocycles. The molecular formula is C15H18FN5O2. The number of carbonyl (C=O) groups excluding carboxylic acids is 2. The van der Waals surface area contributed by atoms with Crippen molar-refractivity contribution in [2.45, 2.75) is 24.9 Å². The molecule has 2 N–H and O–H groups in total. The summed E-state index contributed by atoms with van der Waals surface area (Å²) < 4.78 is 14.9. The Labute approximate surface area is 132 Å². The highest BCUT2D eigenvalue weighted by molar-refractivity contribution is 5.92. The van der Waals surface area contributed by atoms with E-state index in [2.05, 4.69) is 15.3 Å². The zero-order valence-electron chi connectivity index (χ0n) is 12.9. The Morgan fingerprint density at radius 3 is 2.87 bits per heavy atom. The molecule has 0 radical (unpaired) electrons. The smallest absolute Gasteiger partial charge is 0.268 e. The molecule has 0 bridgehead atoms. The molecule has 122 valence electrons. The Bertz CT molecular complexity index is 738. The quantitative estimate of drug-likeness (QED) is 0.884. The number of rotatable bonds is 3. The number of piperidine rings is 1. The van der Waals surface area contributed by atoms with Gasteiger partial charge in [0.1, 0.15) is 23.4 Å². The molecule has 2 aromatic rings.